The van der Waals surface area contributed by atoms with Crippen molar-refractivity contribution in [3.05, 3.63) is 29.6 Å². The Kier molecular flexibility index (Phi) is 4.27. The van der Waals surface area contributed by atoms with Crippen LogP contribution < -0.4 is 0 Å². The molecule has 1 aromatic heterocycles. The molecule has 1 heterocycles. The molecule has 2 rings (SSSR count). The second kappa shape index (κ2) is 5.81. The van der Waals surface area contributed by atoms with Gasteiger partial charge in [0.1, 0.15) is 5.69 Å². The number of carboxylic acids is 1. The number of hydrogen-bond donors (Lipinski definition) is 1. The molecule has 1 amide bonds. The van der Waals surface area contributed by atoms with Gasteiger partial charge in [-0.15, -0.1) is 0 Å². The fourth-order valence-corrected chi connectivity index (χ4v) is 2.69. The number of pyridine rings is 1. The molecule has 114 valence electrons. The number of carboxylic acid groups (broad SMARTS) is 1. The molecule has 0 aromatic carbocycles. The molecule has 0 radical (unpaired) electrons. The molecule has 1 aliphatic rings. The summed E-state index contributed by atoms with van der Waals surface area (Å²) in [5.74, 6) is -1.23. The van der Waals surface area contributed by atoms with Gasteiger partial charge < -0.3 is 14.9 Å². The lowest BCUT2D eigenvalue weighted by molar-refractivity contribution is 0.0250. The third-order valence-electron chi connectivity index (χ3n) is 4.34. The topological polar surface area (TPSA) is 73.7 Å². The quantitative estimate of drug-likeness (QED) is 0.886. The standard InChI is InChI=1S/C15H21N3O3/c1-17(2)15(7-4-8-15)10-18(3)13(19)12-6-5-11(9-16-12)14(20)21/h5-6,9H,4,7-8,10H2,1-3H3,(H,20,21). The summed E-state index contributed by atoms with van der Waals surface area (Å²) in [4.78, 5) is 31.0. The SMILES string of the molecule is CN(CC1(N(C)C)CCC1)C(=O)c1ccc(C(=O)O)cn1. The Balaban J connectivity index is 2.07. The highest BCUT2D eigenvalue weighted by molar-refractivity contribution is 5.93. The summed E-state index contributed by atoms with van der Waals surface area (Å²) < 4.78 is 0. The van der Waals surface area contributed by atoms with E-state index in [9.17, 15) is 9.59 Å². The van der Waals surface area contributed by atoms with Gasteiger partial charge >= 0.3 is 5.97 Å². The highest BCUT2D eigenvalue weighted by Crippen LogP contribution is 2.36. The van der Waals surface area contributed by atoms with Crippen molar-refractivity contribution in [3.8, 4) is 0 Å². The number of likely N-dealkylation sites (N-methyl/N-ethyl adjacent to an activating group) is 2. The van der Waals surface area contributed by atoms with Crippen LogP contribution in [0.4, 0.5) is 0 Å². The van der Waals surface area contributed by atoms with Crippen LogP contribution in [-0.4, -0.2) is 65.0 Å². The van der Waals surface area contributed by atoms with E-state index in [0.717, 1.165) is 12.8 Å². The average molecular weight is 291 g/mol. The summed E-state index contributed by atoms with van der Waals surface area (Å²) in [5.41, 5.74) is 0.416. The fraction of sp³-hybridized carbons (Fsp3) is 0.533. The number of aromatic nitrogens is 1. The van der Waals surface area contributed by atoms with Crippen molar-refractivity contribution >= 4 is 11.9 Å². The van der Waals surface area contributed by atoms with Crippen LogP contribution in [0.15, 0.2) is 18.3 Å². The molecule has 1 aromatic rings. The minimum atomic E-state index is -1.05. The van der Waals surface area contributed by atoms with Crippen LogP contribution >= 0.6 is 0 Å². The maximum Gasteiger partial charge on any atom is 0.337 e. The first-order valence-electron chi connectivity index (χ1n) is 6.98. The molecule has 0 spiro atoms. The zero-order valence-electron chi connectivity index (χ0n) is 12.7. The minimum Gasteiger partial charge on any atom is -0.478 e. The smallest absolute Gasteiger partial charge is 0.337 e. The molecular formula is C15H21N3O3. The zero-order chi connectivity index (χ0) is 15.6. The van der Waals surface area contributed by atoms with Crippen LogP contribution in [-0.2, 0) is 0 Å². The monoisotopic (exact) mass is 291 g/mol. The van der Waals surface area contributed by atoms with E-state index >= 15 is 0 Å². The van der Waals surface area contributed by atoms with Gasteiger partial charge in [0.2, 0.25) is 0 Å². The van der Waals surface area contributed by atoms with E-state index < -0.39 is 5.97 Å². The van der Waals surface area contributed by atoms with Crippen LogP contribution in [0.25, 0.3) is 0 Å². The fourth-order valence-electron chi connectivity index (χ4n) is 2.69. The van der Waals surface area contributed by atoms with Gasteiger partial charge in [0.05, 0.1) is 5.56 Å². The summed E-state index contributed by atoms with van der Waals surface area (Å²) in [6.45, 7) is 0.654. The molecule has 6 heteroatoms. The van der Waals surface area contributed by atoms with Crippen LogP contribution in [0.5, 0.6) is 0 Å². The number of amides is 1. The predicted molar refractivity (Wildman–Crippen MR) is 78.4 cm³/mol. The third-order valence-corrected chi connectivity index (χ3v) is 4.34. The lowest BCUT2D eigenvalue weighted by atomic mass is 9.75. The Morgan fingerprint density at radius 3 is 2.33 bits per heavy atom. The number of carbonyl (C=O) groups excluding carboxylic acids is 1. The van der Waals surface area contributed by atoms with E-state index in [1.807, 2.05) is 14.1 Å². The Morgan fingerprint density at radius 2 is 1.95 bits per heavy atom. The lowest BCUT2D eigenvalue weighted by Crippen LogP contribution is -2.57. The zero-order valence-corrected chi connectivity index (χ0v) is 12.7. The molecule has 0 bridgehead atoms. The Hall–Kier alpha value is -1.95. The van der Waals surface area contributed by atoms with Crippen molar-refractivity contribution in [1.82, 2.24) is 14.8 Å². The molecule has 21 heavy (non-hydrogen) atoms. The largest absolute Gasteiger partial charge is 0.478 e. The average Bonchev–Trinajstić information content (AvgIpc) is 2.41. The van der Waals surface area contributed by atoms with Crippen molar-refractivity contribution in [3.63, 3.8) is 0 Å². The van der Waals surface area contributed by atoms with Gasteiger partial charge in [-0.2, -0.15) is 0 Å². The van der Waals surface area contributed by atoms with Crippen LogP contribution in [0, 0.1) is 0 Å². The van der Waals surface area contributed by atoms with Crippen LogP contribution in [0.3, 0.4) is 0 Å². The van der Waals surface area contributed by atoms with Crippen molar-refractivity contribution in [2.75, 3.05) is 27.7 Å². The van der Waals surface area contributed by atoms with Gasteiger partial charge in [-0.3, -0.25) is 9.78 Å². The summed E-state index contributed by atoms with van der Waals surface area (Å²) in [5, 5.41) is 8.84. The molecule has 1 saturated carbocycles. The number of carbonyl (C=O) groups is 2. The molecule has 6 nitrogen and oxygen atoms in total. The van der Waals surface area contributed by atoms with Gasteiger partial charge in [-0.1, -0.05) is 0 Å². The van der Waals surface area contributed by atoms with E-state index in [0.29, 0.717) is 6.54 Å². The Labute approximate surface area is 124 Å². The predicted octanol–water partition coefficient (Wildman–Crippen LogP) is 1.34. The van der Waals surface area contributed by atoms with E-state index in [1.165, 1.54) is 24.8 Å². The molecule has 0 saturated heterocycles. The Bertz CT molecular complexity index is 536. The second-order valence-electron chi connectivity index (χ2n) is 5.87. The summed E-state index contributed by atoms with van der Waals surface area (Å²) >= 11 is 0. The van der Waals surface area contributed by atoms with Crippen LogP contribution in [0.1, 0.15) is 40.1 Å². The summed E-state index contributed by atoms with van der Waals surface area (Å²) in [6, 6.07) is 2.87. The molecule has 0 aliphatic heterocycles. The van der Waals surface area contributed by atoms with Gasteiger partial charge in [-0.05, 0) is 45.5 Å². The third kappa shape index (κ3) is 3.05. The van der Waals surface area contributed by atoms with Crippen LogP contribution in [0.2, 0.25) is 0 Å². The Morgan fingerprint density at radius 1 is 1.29 bits per heavy atom. The number of hydrogen-bond acceptors (Lipinski definition) is 4. The number of aromatic carboxylic acids is 1. The molecular weight excluding hydrogens is 270 g/mol. The first-order valence-corrected chi connectivity index (χ1v) is 6.98. The summed E-state index contributed by atoms with van der Waals surface area (Å²) in [6.07, 6.45) is 4.58. The van der Waals surface area contributed by atoms with Gasteiger partial charge in [-0.25, -0.2) is 4.79 Å². The molecule has 1 aliphatic carbocycles. The van der Waals surface area contributed by atoms with Crippen molar-refractivity contribution in [2.24, 2.45) is 0 Å². The van der Waals surface area contributed by atoms with Crippen molar-refractivity contribution < 1.29 is 14.7 Å². The number of rotatable bonds is 5. The van der Waals surface area contributed by atoms with E-state index in [2.05, 4.69) is 9.88 Å². The molecule has 0 unspecified atom stereocenters. The lowest BCUT2D eigenvalue weighted by Gasteiger charge is -2.49. The van der Waals surface area contributed by atoms with Gasteiger partial charge in [0, 0.05) is 25.3 Å². The van der Waals surface area contributed by atoms with E-state index in [-0.39, 0.29) is 22.7 Å². The summed E-state index contributed by atoms with van der Waals surface area (Å²) in [7, 11) is 5.84. The van der Waals surface area contributed by atoms with Crippen molar-refractivity contribution in [2.45, 2.75) is 24.8 Å². The minimum absolute atomic E-state index is 0.0609. The highest BCUT2D eigenvalue weighted by Gasteiger charge is 2.40. The van der Waals surface area contributed by atoms with Crippen molar-refractivity contribution in [1.29, 1.82) is 0 Å². The maximum absolute atomic E-state index is 12.4. The maximum atomic E-state index is 12.4. The molecule has 0 atom stereocenters. The molecule has 1 fully saturated rings. The first-order chi connectivity index (χ1) is 9.85. The second-order valence-corrected chi connectivity index (χ2v) is 5.87. The van der Waals surface area contributed by atoms with E-state index in [4.69, 9.17) is 5.11 Å². The van der Waals surface area contributed by atoms with Gasteiger partial charge in [0.15, 0.2) is 0 Å². The van der Waals surface area contributed by atoms with E-state index in [1.54, 1.807) is 11.9 Å². The highest BCUT2D eigenvalue weighted by atomic mass is 16.4. The normalized spacial score (nSPS) is 16.4. The molecule has 1 N–H and O–H groups in total. The van der Waals surface area contributed by atoms with Gasteiger partial charge in [0.25, 0.3) is 5.91 Å². The number of nitrogens with zero attached hydrogens (tertiary/aromatic N) is 3. The first kappa shape index (κ1) is 15.4.